The number of anilines is 1. The van der Waals surface area contributed by atoms with E-state index in [0.29, 0.717) is 17.9 Å². The molecule has 0 atom stereocenters. The van der Waals surface area contributed by atoms with Crippen LogP contribution in [0, 0.1) is 0 Å². The van der Waals surface area contributed by atoms with E-state index in [4.69, 9.17) is 4.74 Å². The van der Waals surface area contributed by atoms with Crippen LogP contribution in [0.4, 0.5) is 5.69 Å². The minimum Gasteiger partial charge on any atom is -0.380 e. The van der Waals surface area contributed by atoms with Gasteiger partial charge in [-0.1, -0.05) is 24.3 Å². The molecular formula is C16H15N3O2. The topological polar surface area (TPSA) is 67.0 Å². The van der Waals surface area contributed by atoms with Crippen molar-refractivity contribution >= 4 is 22.5 Å². The van der Waals surface area contributed by atoms with Gasteiger partial charge in [0.05, 0.1) is 24.0 Å². The number of nitrogens with one attached hydrogen (secondary N) is 2. The van der Waals surface area contributed by atoms with Gasteiger partial charge in [0.25, 0.3) is 5.91 Å². The lowest BCUT2D eigenvalue weighted by molar-refractivity contribution is 0.102. The van der Waals surface area contributed by atoms with E-state index in [1.807, 2.05) is 36.4 Å². The Morgan fingerprint density at radius 1 is 1.29 bits per heavy atom. The van der Waals surface area contributed by atoms with Crippen molar-refractivity contribution in [3.63, 3.8) is 0 Å². The first-order valence-corrected chi connectivity index (χ1v) is 6.59. The summed E-state index contributed by atoms with van der Waals surface area (Å²) in [5, 5.41) is 10.7. The zero-order valence-corrected chi connectivity index (χ0v) is 11.6. The molecule has 0 bridgehead atoms. The van der Waals surface area contributed by atoms with Crippen LogP contribution >= 0.6 is 0 Å². The molecule has 3 aromatic rings. The third kappa shape index (κ3) is 2.78. The summed E-state index contributed by atoms with van der Waals surface area (Å²) in [6.45, 7) is 0.483. The summed E-state index contributed by atoms with van der Waals surface area (Å²) in [6, 6.07) is 13.0. The number of aromatic amines is 1. The predicted molar refractivity (Wildman–Crippen MR) is 81.2 cm³/mol. The largest absolute Gasteiger partial charge is 0.380 e. The Balaban J connectivity index is 1.86. The number of amides is 1. The van der Waals surface area contributed by atoms with Gasteiger partial charge in [-0.3, -0.25) is 9.89 Å². The lowest BCUT2D eigenvalue weighted by Gasteiger charge is -2.07. The molecule has 21 heavy (non-hydrogen) atoms. The second kappa shape index (κ2) is 5.76. The maximum absolute atomic E-state index is 12.3. The van der Waals surface area contributed by atoms with Gasteiger partial charge in [-0.25, -0.2) is 0 Å². The van der Waals surface area contributed by atoms with Crippen LogP contribution < -0.4 is 5.32 Å². The fraction of sp³-hybridized carbons (Fsp3) is 0.125. The second-order valence-corrected chi connectivity index (χ2v) is 4.73. The van der Waals surface area contributed by atoms with Crippen molar-refractivity contribution in [3.8, 4) is 0 Å². The molecule has 0 aliphatic rings. The molecule has 0 spiro atoms. The molecule has 0 aliphatic heterocycles. The number of hydrogen-bond acceptors (Lipinski definition) is 3. The predicted octanol–water partition coefficient (Wildman–Crippen LogP) is 2.96. The number of ether oxygens (including phenoxy) is 1. The average Bonchev–Trinajstić information content (AvgIpc) is 2.97. The molecule has 0 saturated carbocycles. The van der Waals surface area contributed by atoms with E-state index in [1.165, 1.54) is 0 Å². The van der Waals surface area contributed by atoms with Crippen LogP contribution in [0.15, 0.2) is 48.7 Å². The highest BCUT2D eigenvalue weighted by Gasteiger charge is 2.09. The van der Waals surface area contributed by atoms with Gasteiger partial charge >= 0.3 is 0 Å². The standard InChI is InChI=1S/C16H15N3O2/c1-21-10-11-4-2-5-12(8-11)16(20)18-14-7-3-6-13-9-17-19-15(13)14/h2-9H,10H2,1H3,(H,17,19)(H,18,20). The third-order valence-electron chi connectivity index (χ3n) is 3.23. The number of fused-ring (bicyclic) bond motifs is 1. The Kier molecular flexibility index (Phi) is 3.66. The van der Waals surface area contributed by atoms with Crippen molar-refractivity contribution in [2.24, 2.45) is 0 Å². The van der Waals surface area contributed by atoms with Gasteiger partial charge in [-0.05, 0) is 23.8 Å². The first-order chi connectivity index (χ1) is 10.3. The minimum absolute atomic E-state index is 0.157. The molecule has 3 rings (SSSR count). The van der Waals surface area contributed by atoms with Gasteiger partial charge in [0.15, 0.2) is 0 Å². The number of H-pyrrole nitrogens is 1. The lowest BCUT2D eigenvalue weighted by atomic mass is 10.1. The van der Waals surface area contributed by atoms with E-state index in [0.717, 1.165) is 16.5 Å². The number of methoxy groups -OCH3 is 1. The first-order valence-electron chi connectivity index (χ1n) is 6.59. The molecule has 5 heteroatoms. The van der Waals surface area contributed by atoms with Crippen LogP contribution in [0.25, 0.3) is 10.9 Å². The molecule has 1 aromatic heterocycles. The Hall–Kier alpha value is -2.66. The average molecular weight is 281 g/mol. The fourth-order valence-corrected chi connectivity index (χ4v) is 2.24. The van der Waals surface area contributed by atoms with E-state index in [-0.39, 0.29) is 5.91 Å². The van der Waals surface area contributed by atoms with Crippen LogP contribution in [-0.2, 0) is 11.3 Å². The highest BCUT2D eigenvalue weighted by molar-refractivity contribution is 6.08. The molecule has 1 amide bonds. The van der Waals surface area contributed by atoms with Crippen molar-refractivity contribution in [3.05, 3.63) is 59.8 Å². The Bertz CT molecular complexity index is 780. The SMILES string of the molecule is COCc1cccc(C(=O)Nc2cccc3cn[nH]c23)c1. The summed E-state index contributed by atoms with van der Waals surface area (Å²) < 4.78 is 5.08. The van der Waals surface area contributed by atoms with E-state index < -0.39 is 0 Å². The van der Waals surface area contributed by atoms with Crippen molar-refractivity contribution in [1.82, 2.24) is 10.2 Å². The van der Waals surface area contributed by atoms with Gasteiger partial charge in [-0.15, -0.1) is 0 Å². The van der Waals surface area contributed by atoms with E-state index in [1.54, 1.807) is 19.4 Å². The number of benzene rings is 2. The van der Waals surface area contributed by atoms with Crippen molar-refractivity contribution in [1.29, 1.82) is 0 Å². The van der Waals surface area contributed by atoms with Crippen molar-refractivity contribution < 1.29 is 9.53 Å². The summed E-state index contributed by atoms with van der Waals surface area (Å²) in [4.78, 5) is 12.3. The van der Waals surface area contributed by atoms with E-state index >= 15 is 0 Å². The molecule has 1 heterocycles. The Labute approximate surface area is 121 Å². The summed E-state index contributed by atoms with van der Waals surface area (Å²) in [5.41, 5.74) is 3.09. The zero-order chi connectivity index (χ0) is 14.7. The normalized spacial score (nSPS) is 10.7. The third-order valence-corrected chi connectivity index (χ3v) is 3.23. The number of rotatable bonds is 4. The molecular weight excluding hydrogens is 266 g/mol. The van der Waals surface area contributed by atoms with Crippen LogP contribution in [-0.4, -0.2) is 23.2 Å². The van der Waals surface area contributed by atoms with Gasteiger partial charge in [0.1, 0.15) is 0 Å². The Morgan fingerprint density at radius 2 is 2.14 bits per heavy atom. The fourth-order valence-electron chi connectivity index (χ4n) is 2.24. The lowest BCUT2D eigenvalue weighted by Crippen LogP contribution is -2.12. The first kappa shape index (κ1) is 13.3. The maximum atomic E-state index is 12.3. The summed E-state index contributed by atoms with van der Waals surface area (Å²) in [6.07, 6.45) is 1.73. The monoisotopic (exact) mass is 281 g/mol. The molecule has 2 N–H and O–H groups in total. The second-order valence-electron chi connectivity index (χ2n) is 4.73. The molecule has 0 aliphatic carbocycles. The smallest absolute Gasteiger partial charge is 0.255 e. The molecule has 0 saturated heterocycles. The minimum atomic E-state index is -0.157. The van der Waals surface area contributed by atoms with Crippen molar-refractivity contribution in [2.45, 2.75) is 6.61 Å². The number of para-hydroxylation sites is 1. The molecule has 2 aromatic carbocycles. The van der Waals surface area contributed by atoms with Crippen LogP contribution in [0.3, 0.4) is 0 Å². The Morgan fingerprint density at radius 3 is 3.00 bits per heavy atom. The number of carbonyl (C=O) groups is 1. The zero-order valence-electron chi connectivity index (χ0n) is 11.6. The summed E-state index contributed by atoms with van der Waals surface area (Å²) >= 11 is 0. The van der Waals surface area contributed by atoms with Gasteiger partial charge < -0.3 is 10.1 Å². The van der Waals surface area contributed by atoms with Gasteiger partial charge in [0.2, 0.25) is 0 Å². The summed E-state index contributed by atoms with van der Waals surface area (Å²) in [5.74, 6) is -0.157. The van der Waals surface area contributed by atoms with Crippen LogP contribution in [0.5, 0.6) is 0 Å². The number of aromatic nitrogens is 2. The van der Waals surface area contributed by atoms with Crippen molar-refractivity contribution in [2.75, 3.05) is 12.4 Å². The highest BCUT2D eigenvalue weighted by Crippen LogP contribution is 2.21. The van der Waals surface area contributed by atoms with E-state index in [2.05, 4.69) is 15.5 Å². The summed E-state index contributed by atoms with van der Waals surface area (Å²) in [7, 11) is 1.63. The molecule has 0 fully saturated rings. The molecule has 106 valence electrons. The number of hydrogen-bond donors (Lipinski definition) is 2. The maximum Gasteiger partial charge on any atom is 0.255 e. The van der Waals surface area contributed by atoms with Crippen LogP contribution in [0.2, 0.25) is 0 Å². The quantitative estimate of drug-likeness (QED) is 0.772. The highest BCUT2D eigenvalue weighted by atomic mass is 16.5. The number of nitrogens with zero attached hydrogens (tertiary/aromatic N) is 1. The van der Waals surface area contributed by atoms with E-state index in [9.17, 15) is 4.79 Å². The van der Waals surface area contributed by atoms with Gasteiger partial charge in [-0.2, -0.15) is 5.10 Å². The molecule has 0 unspecified atom stereocenters. The number of carbonyl (C=O) groups excluding carboxylic acids is 1. The van der Waals surface area contributed by atoms with Crippen LogP contribution in [0.1, 0.15) is 15.9 Å². The molecule has 0 radical (unpaired) electrons. The van der Waals surface area contributed by atoms with Gasteiger partial charge in [0, 0.05) is 18.1 Å². The molecule has 5 nitrogen and oxygen atoms in total.